The minimum absolute atomic E-state index is 0.0124. The SMILES string of the molecule is Nc1cc2ccccc2cc1N1CC(CO)CC1=O. The molecule has 1 heterocycles. The molecule has 1 aliphatic heterocycles. The van der Waals surface area contributed by atoms with E-state index in [1.807, 2.05) is 36.4 Å². The van der Waals surface area contributed by atoms with Crippen molar-refractivity contribution in [3.05, 3.63) is 36.4 Å². The van der Waals surface area contributed by atoms with Crippen LogP contribution in [0.3, 0.4) is 0 Å². The monoisotopic (exact) mass is 256 g/mol. The third kappa shape index (κ3) is 2.04. The zero-order valence-corrected chi connectivity index (χ0v) is 10.5. The van der Waals surface area contributed by atoms with Crippen LogP contribution in [-0.4, -0.2) is 24.2 Å². The second-order valence-corrected chi connectivity index (χ2v) is 5.02. The van der Waals surface area contributed by atoms with Gasteiger partial charge in [0.2, 0.25) is 5.91 Å². The number of rotatable bonds is 2. The van der Waals surface area contributed by atoms with Crippen LogP contribution >= 0.6 is 0 Å². The number of carbonyl (C=O) groups excluding carboxylic acids is 1. The third-order valence-electron chi connectivity index (χ3n) is 3.65. The Hall–Kier alpha value is -2.07. The molecule has 0 saturated carbocycles. The van der Waals surface area contributed by atoms with Crippen molar-refractivity contribution >= 4 is 28.1 Å². The molecule has 3 N–H and O–H groups in total. The van der Waals surface area contributed by atoms with Gasteiger partial charge in [-0.2, -0.15) is 0 Å². The number of hydrogen-bond acceptors (Lipinski definition) is 3. The van der Waals surface area contributed by atoms with Crippen molar-refractivity contribution in [3.63, 3.8) is 0 Å². The first-order valence-electron chi connectivity index (χ1n) is 6.38. The summed E-state index contributed by atoms with van der Waals surface area (Å²) in [6.07, 6.45) is 0.392. The molecule has 98 valence electrons. The van der Waals surface area contributed by atoms with Crippen LogP contribution in [0.4, 0.5) is 11.4 Å². The van der Waals surface area contributed by atoms with Crippen molar-refractivity contribution in [1.29, 1.82) is 0 Å². The van der Waals surface area contributed by atoms with Crippen molar-refractivity contribution in [2.75, 3.05) is 23.8 Å². The highest BCUT2D eigenvalue weighted by molar-refractivity contribution is 6.02. The molecular weight excluding hydrogens is 240 g/mol. The van der Waals surface area contributed by atoms with Gasteiger partial charge in [-0.25, -0.2) is 0 Å². The second kappa shape index (κ2) is 4.55. The van der Waals surface area contributed by atoms with Gasteiger partial charge in [-0.15, -0.1) is 0 Å². The number of aliphatic hydroxyl groups excluding tert-OH is 1. The molecule has 1 aliphatic rings. The van der Waals surface area contributed by atoms with E-state index in [-0.39, 0.29) is 18.4 Å². The number of nitrogens with zero attached hydrogens (tertiary/aromatic N) is 1. The first kappa shape index (κ1) is 12.0. The highest BCUT2D eigenvalue weighted by Crippen LogP contribution is 2.33. The second-order valence-electron chi connectivity index (χ2n) is 5.02. The number of amides is 1. The molecule has 4 heteroatoms. The predicted octanol–water partition coefficient (Wildman–Crippen LogP) is 1.77. The minimum Gasteiger partial charge on any atom is -0.397 e. The number of nitrogens with two attached hydrogens (primary N) is 1. The molecule has 0 aromatic heterocycles. The molecule has 0 bridgehead atoms. The molecule has 1 saturated heterocycles. The molecule has 0 radical (unpaired) electrons. The van der Waals surface area contributed by atoms with Crippen LogP contribution in [0, 0.1) is 5.92 Å². The Kier molecular flexibility index (Phi) is 2.87. The van der Waals surface area contributed by atoms with Crippen LogP contribution in [-0.2, 0) is 4.79 Å². The molecule has 4 nitrogen and oxygen atoms in total. The van der Waals surface area contributed by atoms with E-state index in [1.165, 1.54) is 0 Å². The van der Waals surface area contributed by atoms with Gasteiger partial charge in [-0.1, -0.05) is 24.3 Å². The highest BCUT2D eigenvalue weighted by atomic mass is 16.3. The predicted molar refractivity (Wildman–Crippen MR) is 75.9 cm³/mol. The fourth-order valence-corrected chi connectivity index (χ4v) is 2.62. The standard InChI is InChI=1S/C15H16N2O2/c16-13-6-11-3-1-2-4-12(11)7-14(13)17-8-10(9-18)5-15(17)19/h1-4,6-7,10,18H,5,8-9,16H2. The minimum atomic E-state index is 0.0124. The van der Waals surface area contributed by atoms with Crippen molar-refractivity contribution in [2.24, 2.45) is 5.92 Å². The van der Waals surface area contributed by atoms with Gasteiger partial charge >= 0.3 is 0 Å². The smallest absolute Gasteiger partial charge is 0.227 e. The Morgan fingerprint density at radius 3 is 2.58 bits per heavy atom. The number of nitrogen functional groups attached to an aromatic ring is 1. The van der Waals surface area contributed by atoms with E-state index >= 15 is 0 Å². The zero-order chi connectivity index (χ0) is 13.4. The van der Waals surface area contributed by atoms with Crippen LogP contribution in [0.2, 0.25) is 0 Å². The van der Waals surface area contributed by atoms with E-state index in [0.717, 1.165) is 16.5 Å². The summed E-state index contributed by atoms with van der Waals surface area (Å²) in [7, 11) is 0. The number of aliphatic hydroxyl groups is 1. The van der Waals surface area contributed by atoms with E-state index in [1.54, 1.807) is 4.90 Å². The van der Waals surface area contributed by atoms with Crippen molar-refractivity contribution in [3.8, 4) is 0 Å². The number of carbonyl (C=O) groups is 1. The van der Waals surface area contributed by atoms with Crippen molar-refractivity contribution in [2.45, 2.75) is 6.42 Å². The van der Waals surface area contributed by atoms with E-state index in [2.05, 4.69) is 0 Å². The normalized spacial score (nSPS) is 19.3. The van der Waals surface area contributed by atoms with Crippen LogP contribution in [0.5, 0.6) is 0 Å². The van der Waals surface area contributed by atoms with Gasteiger partial charge in [0.1, 0.15) is 0 Å². The number of hydrogen-bond donors (Lipinski definition) is 2. The quantitative estimate of drug-likeness (QED) is 0.805. The molecule has 19 heavy (non-hydrogen) atoms. The van der Waals surface area contributed by atoms with Crippen molar-refractivity contribution < 1.29 is 9.90 Å². The number of benzene rings is 2. The molecule has 0 spiro atoms. The Morgan fingerprint density at radius 1 is 1.26 bits per heavy atom. The van der Waals surface area contributed by atoms with Crippen molar-refractivity contribution in [1.82, 2.24) is 0 Å². The van der Waals surface area contributed by atoms with E-state index < -0.39 is 0 Å². The van der Waals surface area contributed by atoms with Gasteiger partial charge in [-0.3, -0.25) is 4.79 Å². The molecule has 1 atom stereocenters. The first-order chi connectivity index (χ1) is 9.19. The summed E-state index contributed by atoms with van der Waals surface area (Å²) in [5.41, 5.74) is 7.41. The molecule has 1 amide bonds. The molecule has 0 aliphatic carbocycles. The maximum absolute atomic E-state index is 12.0. The maximum Gasteiger partial charge on any atom is 0.227 e. The van der Waals surface area contributed by atoms with Gasteiger partial charge in [0.15, 0.2) is 0 Å². The summed E-state index contributed by atoms with van der Waals surface area (Å²) in [5.74, 6) is 0.0411. The Balaban J connectivity index is 2.05. The summed E-state index contributed by atoms with van der Waals surface area (Å²) in [4.78, 5) is 13.7. The van der Waals surface area contributed by atoms with E-state index in [4.69, 9.17) is 5.73 Å². The summed E-state index contributed by atoms with van der Waals surface area (Å²) in [6.45, 7) is 0.577. The average Bonchev–Trinajstić information content (AvgIpc) is 2.79. The lowest BCUT2D eigenvalue weighted by Gasteiger charge is -2.19. The summed E-state index contributed by atoms with van der Waals surface area (Å²) < 4.78 is 0. The average molecular weight is 256 g/mol. The van der Waals surface area contributed by atoms with Crippen LogP contribution in [0.1, 0.15) is 6.42 Å². The molecule has 1 unspecified atom stereocenters. The number of fused-ring (bicyclic) bond motifs is 1. The summed E-state index contributed by atoms with van der Waals surface area (Å²) >= 11 is 0. The van der Waals surface area contributed by atoms with Gasteiger partial charge in [0.25, 0.3) is 0 Å². The van der Waals surface area contributed by atoms with Gasteiger partial charge in [0.05, 0.1) is 11.4 Å². The maximum atomic E-state index is 12.0. The topological polar surface area (TPSA) is 66.6 Å². The van der Waals surface area contributed by atoms with Gasteiger partial charge in [-0.05, 0) is 22.9 Å². The number of anilines is 2. The molecular formula is C15H16N2O2. The summed E-state index contributed by atoms with van der Waals surface area (Å²) in [5, 5.41) is 11.3. The van der Waals surface area contributed by atoms with Gasteiger partial charge < -0.3 is 15.7 Å². The van der Waals surface area contributed by atoms with Gasteiger partial charge in [0, 0.05) is 25.5 Å². The highest BCUT2D eigenvalue weighted by Gasteiger charge is 2.31. The van der Waals surface area contributed by atoms with E-state index in [0.29, 0.717) is 18.7 Å². The Labute approximate surface area is 111 Å². The fourth-order valence-electron chi connectivity index (χ4n) is 2.62. The fraction of sp³-hybridized carbons (Fsp3) is 0.267. The van der Waals surface area contributed by atoms with Crippen LogP contribution < -0.4 is 10.6 Å². The largest absolute Gasteiger partial charge is 0.397 e. The lowest BCUT2D eigenvalue weighted by atomic mass is 10.1. The molecule has 2 aromatic rings. The molecule has 2 aromatic carbocycles. The van der Waals surface area contributed by atoms with E-state index in [9.17, 15) is 9.90 Å². The lowest BCUT2D eigenvalue weighted by molar-refractivity contribution is -0.117. The molecule has 1 fully saturated rings. The Morgan fingerprint density at radius 2 is 1.95 bits per heavy atom. The first-order valence-corrected chi connectivity index (χ1v) is 6.38. The zero-order valence-electron chi connectivity index (χ0n) is 10.5. The Bertz CT molecular complexity index is 639. The van der Waals surface area contributed by atoms with Crippen LogP contribution in [0.15, 0.2) is 36.4 Å². The van der Waals surface area contributed by atoms with Crippen LogP contribution in [0.25, 0.3) is 10.8 Å². The third-order valence-corrected chi connectivity index (χ3v) is 3.65. The lowest BCUT2D eigenvalue weighted by Crippen LogP contribution is -2.25. The summed E-state index contributed by atoms with van der Waals surface area (Å²) in [6, 6.07) is 11.8. The molecule has 3 rings (SSSR count).